The first-order valence-electron chi connectivity index (χ1n) is 8.99. The first-order valence-corrected chi connectivity index (χ1v) is 11.3. The molecule has 6 nitrogen and oxygen atoms in total. The standard InChI is InChI=1S/C20H20ClN3O3S/c1-28(26,27)17-8-2-14(3-9-17)12-23-11-10-18-19(13-23)22-24(20(18)25)16-6-4-15(21)5-7-16/h2-9,18H,10-13H2,1H3. The molecule has 1 fully saturated rings. The van der Waals surface area contributed by atoms with Crippen LogP contribution in [0.15, 0.2) is 58.5 Å². The van der Waals surface area contributed by atoms with E-state index < -0.39 is 9.84 Å². The fourth-order valence-electron chi connectivity index (χ4n) is 3.59. The van der Waals surface area contributed by atoms with Gasteiger partial charge in [0, 0.05) is 30.9 Å². The summed E-state index contributed by atoms with van der Waals surface area (Å²) in [4.78, 5) is 15.3. The molecule has 1 unspecified atom stereocenters. The molecule has 8 heteroatoms. The van der Waals surface area contributed by atoms with Gasteiger partial charge in [0.2, 0.25) is 0 Å². The topological polar surface area (TPSA) is 70.1 Å². The summed E-state index contributed by atoms with van der Waals surface area (Å²) in [6, 6.07) is 14.0. The highest BCUT2D eigenvalue weighted by Gasteiger charge is 2.39. The van der Waals surface area contributed by atoms with E-state index >= 15 is 0 Å². The molecule has 2 heterocycles. The molecule has 2 aromatic carbocycles. The second kappa shape index (κ2) is 7.31. The van der Waals surface area contributed by atoms with Crippen LogP contribution in [-0.4, -0.2) is 44.3 Å². The molecule has 0 bridgehead atoms. The number of rotatable bonds is 4. The Hall–Kier alpha value is -2.22. The number of hydrazone groups is 1. The predicted octanol–water partition coefficient (Wildman–Crippen LogP) is 2.97. The minimum atomic E-state index is -3.19. The minimum Gasteiger partial charge on any atom is -0.293 e. The van der Waals surface area contributed by atoms with Gasteiger partial charge in [0.15, 0.2) is 9.84 Å². The average molecular weight is 418 g/mol. The molecule has 1 atom stereocenters. The van der Waals surface area contributed by atoms with Crippen molar-refractivity contribution in [3.63, 3.8) is 0 Å². The monoisotopic (exact) mass is 417 g/mol. The number of nitrogens with zero attached hydrogens (tertiary/aromatic N) is 3. The second-order valence-electron chi connectivity index (χ2n) is 7.19. The van der Waals surface area contributed by atoms with E-state index in [1.54, 1.807) is 36.4 Å². The summed E-state index contributed by atoms with van der Waals surface area (Å²) < 4.78 is 23.2. The second-order valence-corrected chi connectivity index (χ2v) is 9.64. The molecular weight excluding hydrogens is 398 g/mol. The van der Waals surface area contributed by atoms with Crippen LogP contribution in [-0.2, 0) is 21.2 Å². The Morgan fingerprint density at radius 2 is 1.79 bits per heavy atom. The summed E-state index contributed by atoms with van der Waals surface area (Å²) in [5.41, 5.74) is 2.63. The van der Waals surface area contributed by atoms with E-state index in [0.29, 0.717) is 23.0 Å². The van der Waals surface area contributed by atoms with Crippen LogP contribution in [0.25, 0.3) is 0 Å². The number of likely N-dealkylation sites (tertiary alicyclic amines) is 1. The highest BCUT2D eigenvalue weighted by molar-refractivity contribution is 7.90. The Morgan fingerprint density at radius 1 is 1.11 bits per heavy atom. The summed E-state index contributed by atoms with van der Waals surface area (Å²) in [6.07, 6.45) is 1.93. The Balaban J connectivity index is 1.47. The van der Waals surface area contributed by atoms with Crippen LogP contribution in [0.4, 0.5) is 5.69 Å². The first kappa shape index (κ1) is 19.1. The number of amides is 1. The molecular formula is C20H20ClN3O3S. The largest absolute Gasteiger partial charge is 0.293 e. The molecule has 0 saturated carbocycles. The third-order valence-electron chi connectivity index (χ3n) is 5.09. The molecule has 146 valence electrons. The van der Waals surface area contributed by atoms with E-state index in [1.165, 1.54) is 11.3 Å². The Kier molecular flexibility index (Phi) is 4.99. The van der Waals surface area contributed by atoms with Crippen LogP contribution in [0.5, 0.6) is 0 Å². The Bertz CT molecular complexity index is 1030. The number of carbonyl (C=O) groups is 1. The van der Waals surface area contributed by atoms with Crippen molar-refractivity contribution < 1.29 is 13.2 Å². The highest BCUT2D eigenvalue weighted by atomic mass is 35.5. The van der Waals surface area contributed by atoms with Crippen LogP contribution in [0, 0.1) is 5.92 Å². The van der Waals surface area contributed by atoms with Crippen LogP contribution >= 0.6 is 11.6 Å². The number of sulfone groups is 1. The van der Waals surface area contributed by atoms with Gasteiger partial charge in [0.05, 0.1) is 22.2 Å². The summed E-state index contributed by atoms with van der Waals surface area (Å²) in [5.74, 6) is -0.158. The minimum absolute atomic E-state index is 0.00878. The molecule has 0 N–H and O–H groups in total. The lowest BCUT2D eigenvalue weighted by atomic mass is 9.94. The van der Waals surface area contributed by atoms with Gasteiger partial charge in [-0.3, -0.25) is 9.69 Å². The molecule has 4 rings (SSSR count). The van der Waals surface area contributed by atoms with Crippen molar-refractivity contribution in [1.82, 2.24) is 4.90 Å². The summed E-state index contributed by atoms with van der Waals surface area (Å²) in [5, 5.41) is 6.66. The molecule has 0 radical (unpaired) electrons. The average Bonchev–Trinajstić information content (AvgIpc) is 2.98. The number of carbonyl (C=O) groups excluding carboxylic acids is 1. The predicted molar refractivity (Wildman–Crippen MR) is 109 cm³/mol. The summed E-state index contributed by atoms with van der Waals surface area (Å²) in [7, 11) is -3.19. The van der Waals surface area contributed by atoms with Crippen molar-refractivity contribution in [2.75, 3.05) is 24.4 Å². The van der Waals surface area contributed by atoms with Crippen molar-refractivity contribution in [1.29, 1.82) is 0 Å². The van der Waals surface area contributed by atoms with Gasteiger partial charge in [0.25, 0.3) is 5.91 Å². The number of benzene rings is 2. The fraction of sp³-hybridized carbons (Fsp3) is 0.300. The van der Waals surface area contributed by atoms with Gasteiger partial charge in [-0.2, -0.15) is 5.10 Å². The molecule has 0 aliphatic carbocycles. The van der Waals surface area contributed by atoms with Gasteiger partial charge in [-0.05, 0) is 48.4 Å². The van der Waals surface area contributed by atoms with E-state index in [1.807, 2.05) is 12.1 Å². The molecule has 0 spiro atoms. The van der Waals surface area contributed by atoms with Crippen molar-refractivity contribution in [3.05, 3.63) is 59.1 Å². The van der Waals surface area contributed by atoms with E-state index in [9.17, 15) is 13.2 Å². The first-order chi connectivity index (χ1) is 13.3. The zero-order valence-corrected chi connectivity index (χ0v) is 16.9. The van der Waals surface area contributed by atoms with Gasteiger partial charge in [-0.1, -0.05) is 23.7 Å². The summed E-state index contributed by atoms with van der Waals surface area (Å²) in [6.45, 7) is 2.09. The van der Waals surface area contributed by atoms with Crippen LogP contribution in [0.2, 0.25) is 5.02 Å². The Labute approximate surface area is 169 Å². The van der Waals surface area contributed by atoms with Crippen molar-refractivity contribution in [2.24, 2.45) is 11.0 Å². The van der Waals surface area contributed by atoms with E-state index in [-0.39, 0.29) is 11.8 Å². The molecule has 2 aromatic rings. The zero-order valence-electron chi connectivity index (χ0n) is 15.4. The van der Waals surface area contributed by atoms with Gasteiger partial charge in [-0.15, -0.1) is 0 Å². The van der Waals surface area contributed by atoms with Crippen LogP contribution in [0.1, 0.15) is 12.0 Å². The fourth-order valence-corrected chi connectivity index (χ4v) is 4.35. The number of fused-ring (bicyclic) bond motifs is 1. The van der Waals surface area contributed by atoms with Crippen molar-refractivity contribution in [3.8, 4) is 0 Å². The molecule has 2 aliphatic heterocycles. The number of piperidine rings is 1. The molecule has 0 aromatic heterocycles. The van der Waals surface area contributed by atoms with Crippen LogP contribution < -0.4 is 5.01 Å². The highest BCUT2D eigenvalue weighted by Crippen LogP contribution is 2.30. The SMILES string of the molecule is CS(=O)(=O)c1ccc(CN2CCC3C(=O)N(c4ccc(Cl)cc4)N=C3C2)cc1. The van der Waals surface area contributed by atoms with Gasteiger partial charge >= 0.3 is 0 Å². The Morgan fingerprint density at radius 3 is 2.43 bits per heavy atom. The molecule has 2 aliphatic rings. The van der Waals surface area contributed by atoms with Crippen molar-refractivity contribution in [2.45, 2.75) is 17.9 Å². The quantitative estimate of drug-likeness (QED) is 0.766. The maximum atomic E-state index is 12.7. The molecule has 1 amide bonds. The lowest BCUT2D eigenvalue weighted by Crippen LogP contribution is -2.41. The molecule has 1 saturated heterocycles. The smallest absolute Gasteiger partial charge is 0.256 e. The lowest BCUT2D eigenvalue weighted by Gasteiger charge is -2.29. The van der Waals surface area contributed by atoms with Crippen LogP contribution in [0.3, 0.4) is 0 Å². The number of hydrogen-bond acceptors (Lipinski definition) is 5. The van der Waals surface area contributed by atoms with E-state index in [2.05, 4.69) is 10.0 Å². The lowest BCUT2D eigenvalue weighted by molar-refractivity contribution is -0.120. The zero-order chi connectivity index (χ0) is 19.9. The maximum absolute atomic E-state index is 12.7. The van der Waals surface area contributed by atoms with Gasteiger partial charge < -0.3 is 0 Å². The van der Waals surface area contributed by atoms with Gasteiger partial charge in [0.1, 0.15) is 0 Å². The van der Waals surface area contributed by atoms with Gasteiger partial charge in [-0.25, -0.2) is 13.4 Å². The number of hydrogen-bond donors (Lipinski definition) is 0. The normalized spacial score (nSPS) is 20.2. The van der Waals surface area contributed by atoms with Crippen molar-refractivity contribution >= 4 is 38.7 Å². The third kappa shape index (κ3) is 3.83. The number of anilines is 1. The van der Waals surface area contributed by atoms with E-state index in [0.717, 1.165) is 29.9 Å². The molecule has 28 heavy (non-hydrogen) atoms. The third-order valence-corrected chi connectivity index (χ3v) is 6.47. The number of halogens is 1. The van der Waals surface area contributed by atoms with E-state index in [4.69, 9.17) is 11.6 Å². The summed E-state index contributed by atoms with van der Waals surface area (Å²) >= 11 is 5.93. The maximum Gasteiger partial charge on any atom is 0.256 e.